The highest BCUT2D eigenvalue weighted by Gasteiger charge is 2.57. The van der Waals surface area contributed by atoms with E-state index in [1.165, 1.54) is 37.8 Å². The highest BCUT2D eigenvalue weighted by atomic mass is 16.5. The van der Waals surface area contributed by atoms with E-state index >= 15 is 0 Å². The Balaban J connectivity index is 1.38. The topological polar surface area (TPSA) is 52.6 Å². The van der Waals surface area contributed by atoms with Gasteiger partial charge in [-0.3, -0.25) is 9.59 Å². The molecule has 1 aromatic rings. The van der Waals surface area contributed by atoms with Crippen LogP contribution in [0.1, 0.15) is 91.2 Å². The first-order valence-electron chi connectivity index (χ1n) is 13.9. The molecule has 0 radical (unpaired) electrons. The van der Waals surface area contributed by atoms with Gasteiger partial charge in [-0.05, 0) is 72.7 Å². The van der Waals surface area contributed by atoms with Crippen molar-refractivity contribution in [2.24, 2.45) is 34.5 Å². The van der Waals surface area contributed by atoms with Gasteiger partial charge >= 0.3 is 11.9 Å². The molecular weight excluding hydrogens is 448 g/mol. The third-order valence-corrected chi connectivity index (χ3v) is 10.4. The highest BCUT2D eigenvalue weighted by molar-refractivity contribution is 5.66. The van der Waals surface area contributed by atoms with Gasteiger partial charge in [0, 0.05) is 26.2 Å². The molecule has 0 unspecified atom stereocenters. The quantitative estimate of drug-likeness (QED) is 0.320. The average molecular weight is 491 g/mol. The highest BCUT2D eigenvalue weighted by Crippen LogP contribution is 2.66. The second-order valence-corrected chi connectivity index (χ2v) is 12.3. The van der Waals surface area contributed by atoms with Crippen molar-refractivity contribution in [3.63, 3.8) is 0 Å². The van der Waals surface area contributed by atoms with Crippen LogP contribution in [0, 0.1) is 34.5 Å². The van der Waals surface area contributed by atoms with Gasteiger partial charge in [-0.2, -0.15) is 0 Å². The van der Waals surface area contributed by atoms with E-state index in [4.69, 9.17) is 9.47 Å². The largest absolute Gasteiger partial charge is 0.462 e. The van der Waals surface area contributed by atoms with Gasteiger partial charge in [-0.1, -0.05) is 74.4 Å². The number of allylic oxidation sites excluding steroid dienone is 2. The summed E-state index contributed by atoms with van der Waals surface area (Å²) < 4.78 is 11.6. The predicted octanol–water partition coefficient (Wildman–Crippen LogP) is 7.36. The number of carbonyl (C=O) groups excluding carboxylic acids is 2. The first-order valence-corrected chi connectivity index (χ1v) is 13.9. The Morgan fingerprint density at radius 2 is 1.64 bits per heavy atom. The van der Waals surface area contributed by atoms with Crippen LogP contribution in [0.5, 0.6) is 0 Å². The van der Waals surface area contributed by atoms with Crippen molar-refractivity contribution in [2.75, 3.05) is 0 Å². The molecule has 1 aromatic carbocycles. The Hall–Kier alpha value is -2.36. The molecule has 8 atom stereocenters. The second kappa shape index (κ2) is 9.50. The molecule has 4 nitrogen and oxygen atoms in total. The fourth-order valence-electron chi connectivity index (χ4n) is 8.71. The fourth-order valence-corrected chi connectivity index (χ4v) is 8.71. The molecule has 0 N–H and O–H groups in total. The van der Waals surface area contributed by atoms with E-state index in [-0.39, 0.29) is 40.9 Å². The third-order valence-electron chi connectivity index (χ3n) is 10.4. The summed E-state index contributed by atoms with van der Waals surface area (Å²) in [5.74, 6) is 1.76. The molecule has 0 heterocycles. The lowest BCUT2D eigenvalue weighted by atomic mass is 9.47. The molecule has 4 heteroatoms. The van der Waals surface area contributed by atoms with Gasteiger partial charge in [0.15, 0.2) is 0 Å². The normalized spacial score (nSPS) is 36.8. The van der Waals surface area contributed by atoms with E-state index in [2.05, 4.69) is 45.1 Å². The number of esters is 2. The van der Waals surface area contributed by atoms with Crippen molar-refractivity contribution in [1.29, 1.82) is 0 Å². The first-order chi connectivity index (χ1) is 17.1. The Bertz CT molecular complexity index is 1070. The lowest BCUT2D eigenvalue weighted by Gasteiger charge is -2.58. The molecule has 194 valence electrons. The molecule has 2 saturated carbocycles. The molecule has 0 aromatic heterocycles. The summed E-state index contributed by atoms with van der Waals surface area (Å²) >= 11 is 0. The van der Waals surface area contributed by atoms with Gasteiger partial charge in [0.1, 0.15) is 12.2 Å². The SMILES string of the molecule is CC(=O)O[C@H]1CC[C@@]2(C)C(=CC[C@@H]3[C@@H]2CC[C@]2(C)C([C@H](C)[C@@H](OC(C)=O)c4ccccc4)=CC[C@@H]32)C1. The summed E-state index contributed by atoms with van der Waals surface area (Å²) in [4.78, 5) is 23.6. The van der Waals surface area contributed by atoms with Crippen molar-refractivity contribution in [2.45, 2.75) is 91.8 Å². The van der Waals surface area contributed by atoms with Crippen LogP contribution in [0.15, 0.2) is 53.6 Å². The molecule has 0 aliphatic heterocycles. The summed E-state index contributed by atoms with van der Waals surface area (Å²) in [5, 5.41) is 0. The number of ether oxygens (including phenoxy) is 2. The Morgan fingerprint density at radius 1 is 0.917 bits per heavy atom. The van der Waals surface area contributed by atoms with Crippen LogP contribution >= 0.6 is 0 Å². The number of carbonyl (C=O) groups is 2. The van der Waals surface area contributed by atoms with E-state index in [0.29, 0.717) is 17.8 Å². The zero-order chi connectivity index (χ0) is 25.7. The molecular formula is C32H42O4. The van der Waals surface area contributed by atoms with Crippen molar-refractivity contribution < 1.29 is 19.1 Å². The predicted molar refractivity (Wildman–Crippen MR) is 141 cm³/mol. The Morgan fingerprint density at radius 3 is 2.33 bits per heavy atom. The standard InChI is InChI=1S/C32H42O4/c1-20(30(36-22(3)34)23-9-7-6-8-10-23)27-13-14-28-26-12-11-24-19-25(35-21(2)33)15-17-31(24,4)29(26)16-18-32(27,28)5/h6-11,13,20,25-26,28-30H,12,14-19H2,1-5H3/t20-,25-,26-,28-,29-,30+,31-,32+/m0/s1. The minimum Gasteiger partial charge on any atom is -0.462 e. The molecule has 0 saturated heterocycles. The smallest absolute Gasteiger partial charge is 0.303 e. The minimum absolute atomic E-state index is 0.0454. The second-order valence-electron chi connectivity index (χ2n) is 12.3. The summed E-state index contributed by atoms with van der Waals surface area (Å²) in [7, 11) is 0. The lowest BCUT2D eigenvalue weighted by Crippen LogP contribution is -2.50. The van der Waals surface area contributed by atoms with Gasteiger partial charge < -0.3 is 9.47 Å². The minimum atomic E-state index is -0.254. The zero-order valence-electron chi connectivity index (χ0n) is 22.6. The van der Waals surface area contributed by atoms with E-state index in [0.717, 1.165) is 37.7 Å². The van der Waals surface area contributed by atoms with Crippen LogP contribution in [0.3, 0.4) is 0 Å². The number of hydrogen-bond acceptors (Lipinski definition) is 4. The van der Waals surface area contributed by atoms with Gasteiger partial charge in [0.05, 0.1) is 0 Å². The third kappa shape index (κ3) is 4.25. The van der Waals surface area contributed by atoms with Crippen LogP contribution in [0.4, 0.5) is 0 Å². The Labute approximate surface area is 216 Å². The van der Waals surface area contributed by atoms with E-state index in [1.54, 1.807) is 0 Å². The maximum absolute atomic E-state index is 12.1. The van der Waals surface area contributed by atoms with E-state index < -0.39 is 0 Å². The van der Waals surface area contributed by atoms with Crippen LogP contribution in [-0.4, -0.2) is 18.0 Å². The van der Waals surface area contributed by atoms with Crippen LogP contribution < -0.4 is 0 Å². The molecule has 4 aliphatic rings. The van der Waals surface area contributed by atoms with Gasteiger partial charge in [-0.15, -0.1) is 0 Å². The van der Waals surface area contributed by atoms with E-state index in [9.17, 15) is 9.59 Å². The molecule has 0 spiro atoms. The number of fused-ring (bicyclic) bond motifs is 5. The summed E-state index contributed by atoms with van der Waals surface area (Å²) in [5.41, 5.74) is 4.45. The maximum atomic E-state index is 12.1. The molecule has 0 bridgehead atoms. The van der Waals surface area contributed by atoms with E-state index in [1.807, 2.05) is 18.2 Å². The van der Waals surface area contributed by atoms with Crippen molar-refractivity contribution in [1.82, 2.24) is 0 Å². The molecule has 36 heavy (non-hydrogen) atoms. The monoisotopic (exact) mass is 490 g/mol. The van der Waals surface area contributed by atoms with Crippen LogP contribution in [0.2, 0.25) is 0 Å². The van der Waals surface area contributed by atoms with Crippen LogP contribution in [0.25, 0.3) is 0 Å². The molecule has 2 fully saturated rings. The van der Waals surface area contributed by atoms with Crippen LogP contribution in [-0.2, 0) is 19.1 Å². The molecule has 5 rings (SSSR count). The van der Waals surface area contributed by atoms with Gasteiger partial charge in [0.25, 0.3) is 0 Å². The number of hydrogen-bond donors (Lipinski definition) is 0. The summed E-state index contributed by atoms with van der Waals surface area (Å²) in [6.07, 6.45) is 12.5. The summed E-state index contributed by atoms with van der Waals surface area (Å²) in [6.45, 7) is 10.3. The molecule has 0 amide bonds. The first kappa shape index (κ1) is 25.3. The van der Waals surface area contributed by atoms with Gasteiger partial charge in [0.2, 0.25) is 0 Å². The molecule has 4 aliphatic carbocycles. The van der Waals surface area contributed by atoms with Crippen molar-refractivity contribution in [3.05, 3.63) is 59.2 Å². The fraction of sp³-hybridized carbons (Fsp3) is 0.625. The number of benzene rings is 1. The van der Waals surface area contributed by atoms with Gasteiger partial charge in [-0.25, -0.2) is 0 Å². The maximum Gasteiger partial charge on any atom is 0.303 e. The number of rotatable bonds is 5. The average Bonchev–Trinajstić information content (AvgIpc) is 3.19. The Kier molecular flexibility index (Phi) is 6.68. The zero-order valence-corrected chi connectivity index (χ0v) is 22.6. The lowest BCUT2D eigenvalue weighted by molar-refractivity contribution is -0.149. The van der Waals surface area contributed by atoms with Crippen molar-refractivity contribution in [3.8, 4) is 0 Å². The summed E-state index contributed by atoms with van der Waals surface area (Å²) in [6, 6.07) is 10.2. The van der Waals surface area contributed by atoms with Crippen molar-refractivity contribution >= 4 is 11.9 Å².